The fourth-order valence-electron chi connectivity index (χ4n) is 2.29. The molecule has 0 unspecified atom stereocenters. The van der Waals surface area contributed by atoms with Crippen molar-refractivity contribution in [2.75, 3.05) is 0 Å². The maximum Gasteiger partial charge on any atom is 0.358 e. The van der Waals surface area contributed by atoms with Crippen LogP contribution in [-0.4, -0.2) is 42.9 Å². The smallest absolute Gasteiger partial charge is 0.358 e. The van der Waals surface area contributed by atoms with Gasteiger partial charge in [-0.25, -0.2) is 9.48 Å². The molecule has 0 atom stereocenters. The number of aromatic nitrogens is 3. The molecule has 0 saturated heterocycles. The van der Waals surface area contributed by atoms with Crippen LogP contribution in [0.4, 0.5) is 0 Å². The first-order valence-electron chi connectivity index (χ1n) is 7.10. The number of carbonyl (C=O) groups is 2. The molecule has 1 heterocycles. The van der Waals surface area contributed by atoms with Crippen molar-refractivity contribution < 1.29 is 14.7 Å². The zero-order valence-corrected chi connectivity index (χ0v) is 11.9. The average Bonchev–Trinajstić information content (AvgIpc) is 3.24. The molecule has 114 valence electrons. The van der Waals surface area contributed by atoms with Gasteiger partial charge in [-0.1, -0.05) is 35.5 Å². The number of benzene rings is 1. The highest BCUT2D eigenvalue weighted by molar-refractivity contribution is 5.84. The summed E-state index contributed by atoms with van der Waals surface area (Å²) in [5.41, 5.74) is 0.918. The molecule has 7 nitrogen and oxygen atoms in total. The van der Waals surface area contributed by atoms with Gasteiger partial charge in [0, 0.05) is 12.6 Å². The highest BCUT2D eigenvalue weighted by Crippen LogP contribution is 2.28. The summed E-state index contributed by atoms with van der Waals surface area (Å²) in [5.74, 6) is -1.23. The van der Waals surface area contributed by atoms with Crippen molar-refractivity contribution in [3.8, 4) is 0 Å². The molecule has 1 aromatic heterocycles. The minimum atomic E-state index is -1.15. The molecule has 3 rings (SSSR count). The van der Waals surface area contributed by atoms with Gasteiger partial charge in [0.2, 0.25) is 5.91 Å². The van der Waals surface area contributed by atoms with Gasteiger partial charge in [0.25, 0.3) is 0 Å². The van der Waals surface area contributed by atoms with Crippen LogP contribution in [0.1, 0.15) is 28.9 Å². The fraction of sp³-hybridized carbons (Fsp3) is 0.333. The van der Waals surface area contributed by atoms with Gasteiger partial charge in [-0.15, -0.1) is 5.10 Å². The minimum absolute atomic E-state index is 0.00358. The Hall–Kier alpha value is -2.70. The maximum atomic E-state index is 12.5. The van der Waals surface area contributed by atoms with Crippen molar-refractivity contribution in [2.24, 2.45) is 0 Å². The van der Waals surface area contributed by atoms with E-state index in [1.54, 1.807) is 0 Å². The number of carboxylic acids is 1. The predicted molar refractivity (Wildman–Crippen MR) is 77.0 cm³/mol. The third-order valence-electron chi connectivity index (χ3n) is 3.56. The molecule has 1 saturated carbocycles. The highest BCUT2D eigenvalue weighted by Gasteiger charge is 2.32. The van der Waals surface area contributed by atoms with E-state index < -0.39 is 5.97 Å². The van der Waals surface area contributed by atoms with Crippen LogP contribution in [0, 0.1) is 0 Å². The molecule has 1 aromatic carbocycles. The van der Waals surface area contributed by atoms with E-state index in [1.165, 1.54) is 10.9 Å². The zero-order valence-electron chi connectivity index (χ0n) is 11.9. The summed E-state index contributed by atoms with van der Waals surface area (Å²) in [6.45, 7) is 0.564. The fourth-order valence-corrected chi connectivity index (χ4v) is 2.29. The summed E-state index contributed by atoms with van der Waals surface area (Å²) in [7, 11) is 0. The molecule has 1 fully saturated rings. The number of rotatable bonds is 6. The summed E-state index contributed by atoms with van der Waals surface area (Å²) < 4.78 is 1.27. The van der Waals surface area contributed by atoms with E-state index in [9.17, 15) is 9.59 Å². The lowest BCUT2D eigenvalue weighted by atomic mass is 10.2. The lowest BCUT2D eigenvalue weighted by molar-refractivity contribution is -0.133. The molecule has 0 spiro atoms. The normalized spacial score (nSPS) is 13.8. The Labute approximate surface area is 127 Å². The van der Waals surface area contributed by atoms with Gasteiger partial charge < -0.3 is 10.0 Å². The van der Waals surface area contributed by atoms with E-state index in [-0.39, 0.29) is 24.2 Å². The number of hydrogen-bond acceptors (Lipinski definition) is 4. The first kappa shape index (κ1) is 14.2. The van der Waals surface area contributed by atoms with Gasteiger partial charge in [-0.3, -0.25) is 4.79 Å². The standard InChI is InChI=1S/C15H16N4O3/c20-14(10-18-9-13(15(21)22)16-17-18)19(12-6-7-12)8-11-4-2-1-3-5-11/h1-5,9,12H,6-8,10H2,(H,21,22). The maximum absolute atomic E-state index is 12.5. The summed E-state index contributed by atoms with van der Waals surface area (Å²) in [6.07, 6.45) is 3.29. The Morgan fingerprint density at radius 3 is 2.59 bits per heavy atom. The molecule has 0 aliphatic heterocycles. The number of aromatic carboxylic acids is 1. The van der Waals surface area contributed by atoms with Crippen molar-refractivity contribution in [1.29, 1.82) is 0 Å². The van der Waals surface area contributed by atoms with Gasteiger partial charge in [0.15, 0.2) is 5.69 Å². The summed E-state index contributed by atoms with van der Waals surface area (Å²) in [6, 6.07) is 10.1. The van der Waals surface area contributed by atoms with Crippen LogP contribution in [0.2, 0.25) is 0 Å². The van der Waals surface area contributed by atoms with Gasteiger partial charge in [-0.2, -0.15) is 0 Å². The Balaban J connectivity index is 1.68. The average molecular weight is 300 g/mol. The lowest BCUT2D eigenvalue weighted by Crippen LogP contribution is -2.35. The zero-order chi connectivity index (χ0) is 15.5. The number of amides is 1. The van der Waals surface area contributed by atoms with Crippen LogP contribution >= 0.6 is 0 Å². The molecule has 0 bridgehead atoms. The van der Waals surface area contributed by atoms with E-state index in [0.29, 0.717) is 6.54 Å². The second-order valence-corrected chi connectivity index (χ2v) is 5.34. The van der Waals surface area contributed by atoms with Crippen molar-refractivity contribution >= 4 is 11.9 Å². The molecular formula is C15H16N4O3. The van der Waals surface area contributed by atoms with Gasteiger partial charge in [-0.05, 0) is 18.4 Å². The van der Waals surface area contributed by atoms with Crippen molar-refractivity contribution in [3.05, 3.63) is 47.8 Å². The third-order valence-corrected chi connectivity index (χ3v) is 3.56. The second kappa shape index (κ2) is 5.97. The van der Waals surface area contributed by atoms with Crippen LogP contribution < -0.4 is 0 Å². The number of nitrogens with zero attached hydrogens (tertiary/aromatic N) is 4. The molecule has 1 amide bonds. The molecule has 1 aliphatic carbocycles. The quantitative estimate of drug-likeness (QED) is 0.865. The largest absolute Gasteiger partial charge is 0.476 e. The Bertz CT molecular complexity index is 679. The van der Waals surface area contributed by atoms with E-state index >= 15 is 0 Å². The number of carboxylic acid groups (broad SMARTS) is 1. The van der Waals surface area contributed by atoms with Crippen molar-refractivity contribution in [1.82, 2.24) is 19.9 Å². The highest BCUT2D eigenvalue weighted by atomic mass is 16.4. The first-order chi connectivity index (χ1) is 10.6. The third kappa shape index (κ3) is 3.30. The molecule has 1 aliphatic rings. The van der Waals surface area contributed by atoms with Crippen molar-refractivity contribution in [3.63, 3.8) is 0 Å². The van der Waals surface area contributed by atoms with E-state index in [0.717, 1.165) is 18.4 Å². The van der Waals surface area contributed by atoms with Crippen LogP contribution in [0.15, 0.2) is 36.5 Å². The molecule has 0 radical (unpaired) electrons. The van der Waals surface area contributed by atoms with Gasteiger partial charge in [0.05, 0.1) is 6.20 Å². The number of hydrogen-bond donors (Lipinski definition) is 1. The van der Waals surface area contributed by atoms with Crippen LogP contribution in [-0.2, 0) is 17.9 Å². The molecule has 7 heteroatoms. The summed E-state index contributed by atoms with van der Waals surface area (Å²) in [5, 5.41) is 16.0. The van der Waals surface area contributed by atoms with E-state index in [4.69, 9.17) is 5.11 Å². The Kier molecular flexibility index (Phi) is 3.86. The monoisotopic (exact) mass is 300 g/mol. The van der Waals surface area contributed by atoms with Gasteiger partial charge >= 0.3 is 5.97 Å². The topological polar surface area (TPSA) is 88.3 Å². The second-order valence-electron chi connectivity index (χ2n) is 5.34. The summed E-state index contributed by atoms with van der Waals surface area (Å²) in [4.78, 5) is 25.1. The van der Waals surface area contributed by atoms with E-state index in [1.807, 2.05) is 35.2 Å². The Morgan fingerprint density at radius 2 is 2.00 bits per heavy atom. The van der Waals surface area contributed by atoms with Crippen LogP contribution in [0.5, 0.6) is 0 Å². The lowest BCUT2D eigenvalue weighted by Gasteiger charge is -2.22. The SMILES string of the molecule is O=C(O)c1cn(CC(=O)N(Cc2ccccc2)C2CC2)nn1. The molecule has 22 heavy (non-hydrogen) atoms. The minimum Gasteiger partial charge on any atom is -0.476 e. The van der Waals surface area contributed by atoms with Crippen LogP contribution in [0.3, 0.4) is 0 Å². The first-order valence-corrected chi connectivity index (χ1v) is 7.10. The Morgan fingerprint density at radius 1 is 1.27 bits per heavy atom. The van der Waals surface area contributed by atoms with Crippen molar-refractivity contribution in [2.45, 2.75) is 32.0 Å². The molecular weight excluding hydrogens is 284 g/mol. The summed E-state index contributed by atoms with van der Waals surface area (Å²) >= 11 is 0. The van der Waals surface area contributed by atoms with Gasteiger partial charge in [0.1, 0.15) is 6.54 Å². The molecule has 2 aromatic rings. The predicted octanol–water partition coefficient (Wildman–Crippen LogP) is 1.17. The van der Waals surface area contributed by atoms with Crippen LogP contribution in [0.25, 0.3) is 0 Å². The van der Waals surface area contributed by atoms with E-state index in [2.05, 4.69) is 10.3 Å². The molecule has 1 N–H and O–H groups in total. The number of carbonyl (C=O) groups excluding carboxylic acids is 1.